The highest BCUT2D eigenvalue weighted by Crippen LogP contribution is 2.36. The molecule has 3 aromatic rings. The highest BCUT2D eigenvalue weighted by molar-refractivity contribution is 9.11. The van der Waals surface area contributed by atoms with E-state index < -0.39 is 12.0 Å². The van der Waals surface area contributed by atoms with Gasteiger partial charge in [-0.1, -0.05) is 29.5 Å². The number of benzene rings is 2. The van der Waals surface area contributed by atoms with Crippen molar-refractivity contribution >= 4 is 55.2 Å². The molecule has 1 aliphatic heterocycles. The second-order valence-corrected chi connectivity index (χ2v) is 10.5. The SMILES string of the molecule is CCOC(=O)C1=C(C)N=c2s/c(=C\c3cc(Br)c(OC)c(Br)c3)c(=O)n2[C@H]1c1ccccc1OCC. The molecule has 1 aromatic heterocycles. The maximum Gasteiger partial charge on any atom is 0.338 e. The third kappa shape index (κ3) is 4.94. The lowest BCUT2D eigenvalue weighted by Gasteiger charge is -2.26. The van der Waals surface area contributed by atoms with Gasteiger partial charge in [0.15, 0.2) is 4.80 Å². The third-order valence-electron chi connectivity index (χ3n) is 5.55. The van der Waals surface area contributed by atoms with Crippen molar-refractivity contribution in [3.8, 4) is 11.5 Å². The van der Waals surface area contributed by atoms with E-state index in [0.717, 1.165) is 14.5 Å². The summed E-state index contributed by atoms with van der Waals surface area (Å²) in [4.78, 5) is 32.0. The molecule has 1 atom stereocenters. The number of thiazole rings is 1. The summed E-state index contributed by atoms with van der Waals surface area (Å²) in [6, 6.07) is 10.4. The molecular weight excluding hydrogens is 612 g/mol. The van der Waals surface area contributed by atoms with Crippen LogP contribution in [0.2, 0.25) is 0 Å². The second-order valence-electron chi connectivity index (χ2n) is 7.79. The second kappa shape index (κ2) is 11.1. The van der Waals surface area contributed by atoms with Crippen molar-refractivity contribution in [2.45, 2.75) is 26.8 Å². The quantitative estimate of drug-likeness (QED) is 0.351. The van der Waals surface area contributed by atoms with Gasteiger partial charge in [0.2, 0.25) is 0 Å². The fourth-order valence-electron chi connectivity index (χ4n) is 4.09. The summed E-state index contributed by atoms with van der Waals surface area (Å²) in [5.41, 5.74) is 2.06. The number of ether oxygens (including phenoxy) is 3. The molecule has 10 heteroatoms. The molecule has 188 valence electrons. The molecule has 1 aliphatic rings. The smallest absolute Gasteiger partial charge is 0.338 e. The first-order valence-corrected chi connectivity index (χ1v) is 13.6. The fraction of sp³-hybridized carbons (Fsp3) is 0.269. The van der Waals surface area contributed by atoms with Gasteiger partial charge in [0.1, 0.15) is 17.5 Å². The van der Waals surface area contributed by atoms with E-state index in [2.05, 4.69) is 36.9 Å². The van der Waals surface area contributed by atoms with Gasteiger partial charge in [-0.3, -0.25) is 9.36 Å². The summed E-state index contributed by atoms with van der Waals surface area (Å²) in [5.74, 6) is 0.752. The Bertz CT molecular complexity index is 1520. The van der Waals surface area contributed by atoms with Crippen molar-refractivity contribution in [1.29, 1.82) is 0 Å². The summed E-state index contributed by atoms with van der Waals surface area (Å²) < 4.78 is 20.2. The van der Waals surface area contributed by atoms with Crippen molar-refractivity contribution in [2.75, 3.05) is 20.3 Å². The Morgan fingerprint density at radius 1 is 1.17 bits per heavy atom. The van der Waals surface area contributed by atoms with Crippen LogP contribution >= 0.6 is 43.2 Å². The molecule has 2 heterocycles. The summed E-state index contributed by atoms with van der Waals surface area (Å²) >= 11 is 8.29. The average Bonchev–Trinajstić information content (AvgIpc) is 3.13. The van der Waals surface area contributed by atoms with E-state index in [0.29, 0.717) is 44.3 Å². The van der Waals surface area contributed by atoms with Crippen LogP contribution in [-0.2, 0) is 9.53 Å². The lowest BCUT2D eigenvalue weighted by atomic mass is 9.95. The van der Waals surface area contributed by atoms with Crippen molar-refractivity contribution in [3.05, 3.63) is 87.4 Å². The lowest BCUT2D eigenvalue weighted by Crippen LogP contribution is -2.40. The van der Waals surface area contributed by atoms with Gasteiger partial charge < -0.3 is 14.2 Å². The van der Waals surface area contributed by atoms with Gasteiger partial charge in [-0.2, -0.15) is 0 Å². The number of nitrogens with zero attached hydrogens (tertiary/aromatic N) is 2. The minimum absolute atomic E-state index is 0.209. The number of allylic oxidation sites excluding steroid dienone is 1. The summed E-state index contributed by atoms with van der Waals surface area (Å²) in [7, 11) is 1.59. The predicted molar refractivity (Wildman–Crippen MR) is 146 cm³/mol. The van der Waals surface area contributed by atoms with E-state index >= 15 is 0 Å². The molecule has 7 nitrogen and oxygen atoms in total. The zero-order valence-electron chi connectivity index (χ0n) is 20.1. The molecule has 0 aliphatic carbocycles. The summed E-state index contributed by atoms with van der Waals surface area (Å²) in [6.45, 7) is 6.05. The topological polar surface area (TPSA) is 79.1 Å². The number of para-hydroxylation sites is 1. The Morgan fingerprint density at radius 3 is 2.50 bits per heavy atom. The van der Waals surface area contributed by atoms with Crippen LogP contribution in [0.5, 0.6) is 11.5 Å². The van der Waals surface area contributed by atoms with Gasteiger partial charge in [0, 0.05) is 5.56 Å². The maximum absolute atomic E-state index is 13.8. The van der Waals surface area contributed by atoms with Gasteiger partial charge in [0.05, 0.1) is 45.1 Å². The number of fused-ring (bicyclic) bond motifs is 1. The molecule has 0 fully saturated rings. The summed E-state index contributed by atoms with van der Waals surface area (Å²) in [5, 5.41) is 0. The lowest BCUT2D eigenvalue weighted by molar-refractivity contribution is -0.139. The minimum atomic E-state index is -0.737. The largest absolute Gasteiger partial charge is 0.494 e. The van der Waals surface area contributed by atoms with Crippen molar-refractivity contribution in [3.63, 3.8) is 0 Å². The molecule has 36 heavy (non-hydrogen) atoms. The molecule has 0 amide bonds. The van der Waals surface area contributed by atoms with E-state index in [9.17, 15) is 9.59 Å². The number of hydrogen-bond acceptors (Lipinski definition) is 7. The zero-order valence-corrected chi connectivity index (χ0v) is 24.1. The minimum Gasteiger partial charge on any atom is -0.494 e. The van der Waals surface area contributed by atoms with Crippen LogP contribution in [0, 0.1) is 0 Å². The normalized spacial score (nSPS) is 15.4. The number of methoxy groups -OCH3 is 1. The highest BCUT2D eigenvalue weighted by atomic mass is 79.9. The third-order valence-corrected chi connectivity index (χ3v) is 7.71. The Balaban J connectivity index is 1.97. The van der Waals surface area contributed by atoms with E-state index in [1.165, 1.54) is 11.3 Å². The molecule has 0 radical (unpaired) electrons. The molecule has 0 N–H and O–H groups in total. The molecule has 2 aromatic carbocycles. The van der Waals surface area contributed by atoms with Crippen molar-refractivity contribution in [1.82, 2.24) is 4.57 Å². The Kier molecular flexibility index (Phi) is 8.17. The standard InChI is InChI=1S/C26H24Br2N2O5S/c1-5-34-19-10-8-7-9-16(19)22-21(25(32)35-6-2)14(3)29-26-30(22)24(31)20(36-26)13-15-11-17(27)23(33-4)18(28)12-15/h7-13,22H,5-6H2,1-4H3/b20-13-/t22-/m0/s1. The van der Waals surface area contributed by atoms with E-state index in [1.807, 2.05) is 43.3 Å². The number of rotatable bonds is 7. The van der Waals surface area contributed by atoms with Gasteiger partial charge in [-0.25, -0.2) is 9.79 Å². The molecule has 4 rings (SSSR count). The van der Waals surface area contributed by atoms with Crippen LogP contribution in [0.25, 0.3) is 6.08 Å². The number of hydrogen-bond donors (Lipinski definition) is 0. The Hall–Kier alpha value is -2.69. The van der Waals surface area contributed by atoms with Crippen molar-refractivity contribution in [2.24, 2.45) is 4.99 Å². The molecule has 0 saturated heterocycles. The monoisotopic (exact) mass is 634 g/mol. The molecule has 0 unspecified atom stereocenters. The zero-order chi connectivity index (χ0) is 26.0. The highest BCUT2D eigenvalue weighted by Gasteiger charge is 2.35. The number of halogens is 2. The van der Waals surface area contributed by atoms with E-state index in [-0.39, 0.29) is 12.2 Å². The molecule has 0 bridgehead atoms. The maximum atomic E-state index is 13.8. The van der Waals surface area contributed by atoms with E-state index in [1.54, 1.807) is 31.6 Å². The number of carbonyl (C=O) groups is 1. The van der Waals surface area contributed by atoms with Crippen LogP contribution in [-0.4, -0.2) is 30.9 Å². The fourth-order valence-corrected chi connectivity index (χ4v) is 6.68. The van der Waals surface area contributed by atoms with Crippen LogP contribution in [0.4, 0.5) is 0 Å². The first-order valence-electron chi connectivity index (χ1n) is 11.2. The molecule has 0 spiro atoms. The molecule has 0 saturated carbocycles. The predicted octanol–water partition coefficient (Wildman–Crippen LogP) is 4.73. The van der Waals surface area contributed by atoms with Gasteiger partial charge >= 0.3 is 5.97 Å². The first-order chi connectivity index (χ1) is 17.3. The number of aromatic nitrogens is 1. The number of carbonyl (C=O) groups excluding carboxylic acids is 1. The van der Waals surface area contributed by atoms with Gasteiger partial charge in [0.25, 0.3) is 5.56 Å². The number of esters is 1. The first kappa shape index (κ1) is 26.4. The average molecular weight is 636 g/mol. The van der Waals surface area contributed by atoms with Crippen molar-refractivity contribution < 1.29 is 19.0 Å². The van der Waals surface area contributed by atoms with Crippen LogP contribution in [0.1, 0.15) is 37.9 Å². The van der Waals surface area contributed by atoms with E-state index in [4.69, 9.17) is 14.2 Å². The Labute approximate surface area is 229 Å². The molecular formula is C26H24Br2N2O5S. The summed E-state index contributed by atoms with van der Waals surface area (Å²) in [6.07, 6.45) is 1.80. The van der Waals surface area contributed by atoms with Crippen LogP contribution < -0.4 is 24.4 Å². The van der Waals surface area contributed by atoms with Crippen LogP contribution in [0.3, 0.4) is 0 Å². The Morgan fingerprint density at radius 2 is 1.86 bits per heavy atom. The van der Waals surface area contributed by atoms with Gasteiger partial charge in [-0.05, 0) is 82.5 Å². The van der Waals surface area contributed by atoms with Gasteiger partial charge in [-0.15, -0.1) is 0 Å². The van der Waals surface area contributed by atoms with Crippen LogP contribution in [0.15, 0.2) is 66.4 Å².